The third-order valence-electron chi connectivity index (χ3n) is 4.33. The van der Waals surface area contributed by atoms with Crippen LogP contribution >= 0.6 is 0 Å². The minimum atomic E-state index is -0.673. The molecular weight excluding hydrogens is 358 g/mol. The van der Waals surface area contributed by atoms with Gasteiger partial charge < -0.3 is 24.7 Å². The Morgan fingerprint density at radius 3 is 2.07 bits per heavy atom. The molecule has 0 aromatic heterocycles. The van der Waals surface area contributed by atoms with E-state index in [2.05, 4.69) is 0 Å². The first-order valence-corrected chi connectivity index (χ1v) is 9.38. The van der Waals surface area contributed by atoms with E-state index in [0.29, 0.717) is 37.7 Å². The minimum Gasteiger partial charge on any atom is -0.496 e. The summed E-state index contributed by atoms with van der Waals surface area (Å²) in [5, 5.41) is 0. The quantitative estimate of drug-likeness (QED) is 0.630. The van der Waals surface area contributed by atoms with Gasteiger partial charge in [0.1, 0.15) is 17.5 Å². The van der Waals surface area contributed by atoms with Crippen LogP contribution < -0.4 is 15.2 Å². The molecule has 0 bridgehead atoms. The Hall–Kier alpha value is -2.57. The highest BCUT2D eigenvalue weighted by Gasteiger charge is 2.17. The van der Waals surface area contributed by atoms with Crippen LogP contribution in [0, 0.1) is 0 Å². The van der Waals surface area contributed by atoms with Crippen LogP contribution in [-0.2, 0) is 27.3 Å². The second-order valence-electron chi connectivity index (χ2n) is 6.27. The molecule has 0 aliphatic carbocycles. The molecule has 1 atom stereocenters. The van der Waals surface area contributed by atoms with E-state index in [1.807, 2.05) is 43.3 Å². The van der Waals surface area contributed by atoms with Gasteiger partial charge in [-0.2, -0.15) is 0 Å². The number of hydrogen-bond acceptors (Lipinski definition) is 6. The Bertz CT molecular complexity index is 748. The van der Waals surface area contributed by atoms with Crippen LogP contribution in [0.3, 0.4) is 0 Å². The first-order chi connectivity index (χ1) is 13.5. The fourth-order valence-electron chi connectivity index (χ4n) is 2.95. The summed E-state index contributed by atoms with van der Waals surface area (Å²) in [6, 6.07) is 11.1. The van der Waals surface area contributed by atoms with Crippen LogP contribution in [0.4, 0.5) is 0 Å². The van der Waals surface area contributed by atoms with E-state index in [4.69, 9.17) is 24.7 Å². The Labute approximate surface area is 166 Å². The molecule has 2 rings (SSSR count). The zero-order valence-electron chi connectivity index (χ0n) is 17.0. The van der Waals surface area contributed by atoms with Gasteiger partial charge in [-0.25, -0.2) is 0 Å². The smallest absolute Gasteiger partial charge is 0.323 e. The summed E-state index contributed by atoms with van der Waals surface area (Å²) in [7, 11) is 3.27. The second kappa shape index (κ2) is 10.7. The van der Waals surface area contributed by atoms with E-state index in [9.17, 15) is 4.79 Å². The number of nitrogens with two attached hydrogens (primary N) is 1. The van der Waals surface area contributed by atoms with E-state index in [1.165, 1.54) is 0 Å². The number of benzene rings is 2. The molecule has 0 aliphatic heterocycles. The number of methoxy groups -OCH3 is 2. The molecule has 0 heterocycles. The molecule has 2 aromatic carbocycles. The van der Waals surface area contributed by atoms with Crippen molar-refractivity contribution in [1.82, 2.24) is 0 Å². The van der Waals surface area contributed by atoms with Crippen molar-refractivity contribution in [2.45, 2.75) is 32.9 Å². The van der Waals surface area contributed by atoms with Gasteiger partial charge >= 0.3 is 5.97 Å². The van der Waals surface area contributed by atoms with Crippen molar-refractivity contribution in [3.05, 3.63) is 47.5 Å². The number of carbonyl (C=O) groups excluding carboxylic acids is 1. The predicted molar refractivity (Wildman–Crippen MR) is 109 cm³/mol. The largest absolute Gasteiger partial charge is 0.496 e. The second-order valence-corrected chi connectivity index (χ2v) is 6.27. The molecule has 152 valence electrons. The average Bonchev–Trinajstić information content (AvgIpc) is 2.72. The van der Waals surface area contributed by atoms with E-state index < -0.39 is 6.04 Å². The third-order valence-corrected chi connectivity index (χ3v) is 4.33. The van der Waals surface area contributed by atoms with Crippen LogP contribution in [0.2, 0.25) is 0 Å². The fraction of sp³-hybridized carbons (Fsp3) is 0.409. The molecule has 6 nitrogen and oxygen atoms in total. The van der Waals surface area contributed by atoms with Crippen LogP contribution in [0.25, 0.3) is 11.1 Å². The van der Waals surface area contributed by atoms with Gasteiger partial charge in [0.15, 0.2) is 0 Å². The van der Waals surface area contributed by atoms with Gasteiger partial charge in [-0.15, -0.1) is 0 Å². The number of esters is 1. The zero-order valence-corrected chi connectivity index (χ0v) is 17.0. The van der Waals surface area contributed by atoms with Crippen molar-refractivity contribution in [3.8, 4) is 22.6 Å². The Kier molecular flexibility index (Phi) is 8.29. The minimum absolute atomic E-state index is 0.324. The molecule has 0 saturated heterocycles. The summed E-state index contributed by atoms with van der Waals surface area (Å²) in [4.78, 5) is 11.7. The lowest BCUT2D eigenvalue weighted by molar-refractivity contribution is -0.144. The highest BCUT2D eigenvalue weighted by atomic mass is 16.5. The lowest BCUT2D eigenvalue weighted by atomic mass is 9.98. The number of hydrogen-bond donors (Lipinski definition) is 1. The van der Waals surface area contributed by atoms with Gasteiger partial charge in [0, 0.05) is 6.61 Å². The van der Waals surface area contributed by atoms with Crippen molar-refractivity contribution in [2.24, 2.45) is 5.73 Å². The van der Waals surface area contributed by atoms with Gasteiger partial charge in [0.05, 0.1) is 33.0 Å². The van der Waals surface area contributed by atoms with Crippen molar-refractivity contribution < 1.29 is 23.7 Å². The van der Waals surface area contributed by atoms with Crippen molar-refractivity contribution in [1.29, 1.82) is 0 Å². The molecule has 0 aliphatic rings. The summed E-state index contributed by atoms with van der Waals surface area (Å²) < 4.78 is 21.7. The zero-order chi connectivity index (χ0) is 20.5. The molecular formula is C22H29NO5. The van der Waals surface area contributed by atoms with E-state index in [0.717, 1.165) is 22.3 Å². The SMILES string of the molecule is CCOCc1cc(OC)c(-c2ccc(CC(N)C(=O)OCC)cc2)c(OC)c1. The lowest BCUT2D eigenvalue weighted by Gasteiger charge is -2.16. The van der Waals surface area contributed by atoms with Gasteiger partial charge in [-0.05, 0) is 49.1 Å². The van der Waals surface area contributed by atoms with Crippen LogP contribution in [0.15, 0.2) is 36.4 Å². The Morgan fingerprint density at radius 1 is 0.964 bits per heavy atom. The highest BCUT2D eigenvalue weighted by Crippen LogP contribution is 2.39. The van der Waals surface area contributed by atoms with E-state index >= 15 is 0 Å². The first-order valence-electron chi connectivity index (χ1n) is 9.38. The summed E-state index contributed by atoms with van der Waals surface area (Å²) >= 11 is 0. The topological polar surface area (TPSA) is 80.0 Å². The molecule has 0 spiro atoms. The molecule has 28 heavy (non-hydrogen) atoms. The van der Waals surface area contributed by atoms with Gasteiger partial charge in [0.2, 0.25) is 0 Å². The summed E-state index contributed by atoms with van der Waals surface area (Å²) in [6.07, 6.45) is 0.417. The predicted octanol–water partition coefficient (Wildman–Crippen LogP) is 3.34. The van der Waals surface area contributed by atoms with Crippen molar-refractivity contribution >= 4 is 5.97 Å². The molecule has 0 fully saturated rings. The standard InChI is InChI=1S/C22H29NO5/c1-5-27-14-16-12-19(25-3)21(20(13-16)26-4)17-9-7-15(8-10-17)11-18(23)22(24)28-6-2/h7-10,12-13,18H,5-6,11,14,23H2,1-4H3. The maximum Gasteiger partial charge on any atom is 0.323 e. The number of ether oxygens (including phenoxy) is 4. The molecule has 0 amide bonds. The number of carbonyl (C=O) groups is 1. The first kappa shape index (κ1) is 21.7. The third kappa shape index (κ3) is 5.47. The van der Waals surface area contributed by atoms with Gasteiger partial charge in [0.25, 0.3) is 0 Å². The lowest BCUT2D eigenvalue weighted by Crippen LogP contribution is -2.34. The Balaban J connectivity index is 2.28. The maximum atomic E-state index is 11.7. The molecule has 6 heteroatoms. The molecule has 2 aromatic rings. The van der Waals surface area contributed by atoms with Crippen LogP contribution in [-0.4, -0.2) is 39.4 Å². The summed E-state index contributed by atoms with van der Waals surface area (Å²) in [6.45, 7) is 5.18. The van der Waals surface area contributed by atoms with Crippen LogP contribution in [0.1, 0.15) is 25.0 Å². The number of rotatable bonds is 10. The maximum absolute atomic E-state index is 11.7. The molecule has 0 radical (unpaired) electrons. The molecule has 0 saturated carbocycles. The normalized spacial score (nSPS) is 11.8. The monoisotopic (exact) mass is 387 g/mol. The van der Waals surface area contributed by atoms with Crippen molar-refractivity contribution in [2.75, 3.05) is 27.4 Å². The Morgan fingerprint density at radius 2 is 1.57 bits per heavy atom. The van der Waals surface area contributed by atoms with Gasteiger partial charge in [-0.1, -0.05) is 24.3 Å². The summed E-state index contributed by atoms with van der Waals surface area (Å²) in [5.74, 6) is 1.04. The van der Waals surface area contributed by atoms with Gasteiger partial charge in [-0.3, -0.25) is 4.79 Å². The van der Waals surface area contributed by atoms with E-state index in [1.54, 1.807) is 21.1 Å². The molecule has 2 N–H and O–H groups in total. The molecule has 1 unspecified atom stereocenters. The summed E-state index contributed by atoms with van der Waals surface area (Å²) in [5.41, 5.74) is 9.66. The fourth-order valence-corrected chi connectivity index (χ4v) is 2.95. The van der Waals surface area contributed by atoms with E-state index in [-0.39, 0.29) is 5.97 Å². The average molecular weight is 387 g/mol. The van der Waals surface area contributed by atoms with Crippen molar-refractivity contribution in [3.63, 3.8) is 0 Å². The highest BCUT2D eigenvalue weighted by molar-refractivity contribution is 5.78. The van der Waals surface area contributed by atoms with Crippen LogP contribution in [0.5, 0.6) is 11.5 Å².